The summed E-state index contributed by atoms with van der Waals surface area (Å²) in [6.45, 7) is 7.09. The summed E-state index contributed by atoms with van der Waals surface area (Å²) in [5.41, 5.74) is 2.47. The zero-order chi connectivity index (χ0) is 22.5. The van der Waals surface area contributed by atoms with E-state index >= 15 is 0 Å². The van der Waals surface area contributed by atoms with E-state index in [0.29, 0.717) is 0 Å². The third-order valence-corrected chi connectivity index (χ3v) is 5.50. The first kappa shape index (κ1) is 22.2. The van der Waals surface area contributed by atoms with Crippen molar-refractivity contribution in [3.05, 3.63) is 41.5 Å². The SMILES string of the molecule is CN=CC(=CN)c1nc2ccc(F)c(B3OC(C)(C)C(C)(C)O3)c2cc1C(F)(F)F. The van der Waals surface area contributed by atoms with Crippen LogP contribution in [0.25, 0.3) is 16.5 Å². The summed E-state index contributed by atoms with van der Waals surface area (Å²) in [7, 11) is 0.220. The van der Waals surface area contributed by atoms with Crippen molar-refractivity contribution in [2.24, 2.45) is 10.7 Å². The Balaban J connectivity index is 2.31. The first-order valence-corrected chi connectivity index (χ1v) is 9.23. The van der Waals surface area contributed by atoms with Gasteiger partial charge in [0, 0.05) is 35.9 Å². The van der Waals surface area contributed by atoms with E-state index in [1.165, 1.54) is 19.3 Å². The van der Waals surface area contributed by atoms with Crippen molar-refractivity contribution in [2.75, 3.05) is 7.05 Å². The number of hydrogen-bond acceptors (Lipinski definition) is 5. The normalized spacial score (nSPS) is 19.2. The van der Waals surface area contributed by atoms with Crippen LogP contribution in [0.5, 0.6) is 0 Å². The first-order chi connectivity index (χ1) is 13.8. The topological polar surface area (TPSA) is 69.7 Å². The fourth-order valence-corrected chi connectivity index (χ4v) is 3.20. The lowest BCUT2D eigenvalue weighted by Crippen LogP contribution is -2.41. The number of allylic oxidation sites excluding steroid dienone is 1. The summed E-state index contributed by atoms with van der Waals surface area (Å²) >= 11 is 0. The Morgan fingerprint density at radius 1 is 1.17 bits per heavy atom. The number of alkyl halides is 3. The Morgan fingerprint density at radius 3 is 2.27 bits per heavy atom. The molecule has 1 aromatic carbocycles. The molecule has 1 aliphatic heterocycles. The second-order valence-electron chi connectivity index (χ2n) is 8.01. The monoisotopic (exact) mass is 423 g/mol. The number of hydrogen-bond donors (Lipinski definition) is 1. The first-order valence-electron chi connectivity index (χ1n) is 9.23. The summed E-state index contributed by atoms with van der Waals surface area (Å²) < 4.78 is 68.2. The molecule has 1 aromatic heterocycles. The zero-order valence-electron chi connectivity index (χ0n) is 17.3. The quantitative estimate of drug-likeness (QED) is 0.465. The van der Waals surface area contributed by atoms with Gasteiger partial charge in [-0.05, 0) is 45.9 Å². The molecule has 0 radical (unpaired) electrons. The van der Waals surface area contributed by atoms with Gasteiger partial charge in [0.2, 0.25) is 0 Å². The van der Waals surface area contributed by atoms with E-state index in [1.54, 1.807) is 27.7 Å². The maximum absolute atomic E-state index is 14.8. The fraction of sp³-hybridized carbons (Fsp3) is 0.400. The van der Waals surface area contributed by atoms with Crippen LogP contribution in [-0.2, 0) is 15.5 Å². The molecule has 0 saturated carbocycles. The molecular formula is C20H22BF4N3O2. The highest BCUT2D eigenvalue weighted by molar-refractivity contribution is 6.65. The Labute approximate surface area is 172 Å². The number of nitrogens with zero attached hydrogens (tertiary/aromatic N) is 2. The minimum Gasteiger partial charge on any atom is -0.404 e. The summed E-state index contributed by atoms with van der Waals surface area (Å²) in [6.07, 6.45) is -2.58. The van der Waals surface area contributed by atoms with Gasteiger partial charge in [-0.1, -0.05) is 0 Å². The second kappa shape index (κ2) is 7.35. The standard InChI is InChI=1S/C20H22BF4N3O2/c1-18(2)19(3,4)30-21(29-18)16-12-8-13(20(23,24)25)17(11(9-26)10-27-5)28-15(12)7-6-14(16)22/h6-10H,26H2,1-5H3. The summed E-state index contributed by atoms with van der Waals surface area (Å²) in [6, 6.07) is 3.29. The van der Waals surface area contributed by atoms with Crippen molar-refractivity contribution >= 4 is 35.3 Å². The maximum atomic E-state index is 14.8. The van der Waals surface area contributed by atoms with Gasteiger partial charge >= 0.3 is 13.3 Å². The molecule has 0 unspecified atom stereocenters. The van der Waals surface area contributed by atoms with Gasteiger partial charge in [0.05, 0.1) is 28.0 Å². The molecule has 2 heterocycles. The number of pyridine rings is 1. The van der Waals surface area contributed by atoms with Crippen LogP contribution in [0.1, 0.15) is 39.0 Å². The van der Waals surface area contributed by atoms with Crippen LogP contribution < -0.4 is 11.2 Å². The van der Waals surface area contributed by atoms with Crippen LogP contribution in [0.15, 0.2) is 29.4 Å². The van der Waals surface area contributed by atoms with E-state index in [9.17, 15) is 17.6 Å². The number of fused-ring (bicyclic) bond motifs is 1. The van der Waals surface area contributed by atoms with Crippen molar-refractivity contribution in [3.8, 4) is 0 Å². The molecule has 1 aliphatic rings. The van der Waals surface area contributed by atoms with Gasteiger partial charge in [0.25, 0.3) is 0 Å². The van der Waals surface area contributed by atoms with Gasteiger partial charge in [-0.15, -0.1) is 0 Å². The highest BCUT2D eigenvalue weighted by atomic mass is 19.4. The number of rotatable bonds is 3. The lowest BCUT2D eigenvalue weighted by Gasteiger charge is -2.32. The van der Waals surface area contributed by atoms with Gasteiger partial charge in [-0.3, -0.25) is 4.99 Å². The molecule has 3 rings (SSSR count). The Hall–Kier alpha value is -2.46. The third-order valence-electron chi connectivity index (χ3n) is 5.50. The molecule has 0 amide bonds. The molecule has 1 saturated heterocycles. The number of halogens is 4. The summed E-state index contributed by atoms with van der Waals surface area (Å²) in [5.74, 6) is -0.742. The predicted octanol–water partition coefficient (Wildman–Crippen LogP) is 3.69. The van der Waals surface area contributed by atoms with E-state index in [-0.39, 0.29) is 21.9 Å². The molecule has 0 spiro atoms. The molecule has 2 aromatic rings. The van der Waals surface area contributed by atoms with Crippen molar-refractivity contribution < 1.29 is 26.9 Å². The number of aromatic nitrogens is 1. The minimum atomic E-state index is -4.76. The number of aliphatic imine (C=N–C) groups is 1. The van der Waals surface area contributed by atoms with Gasteiger partial charge in [0.15, 0.2) is 0 Å². The van der Waals surface area contributed by atoms with Gasteiger partial charge in [-0.25, -0.2) is 9.37 Å². The average molecular weight is 423 g/mol. The van der Waals surface area contributed by atoms with E-state index < -0.39 is 41.6 Å². The van der Waals surface area contributed by atoms with Crippen LogP contribution in [0.3, 0.4) is 0 Å². The minimum absolute atomic E-state index is 0.00627. The Morgan fingerprint density at radius 2 is 1.77 bits per heavy atom. The van der Waals surface area contributed by atoms with E-state index in [2.05, 4.69) is 9.98 Å². The second-order valence-corrected chi connectivity index (χ2v) is 8.01. The Bertz CT molecular complexity index is 1030. The van der Waals surface area contributed by atoms with Crippen molar-refractivity contribution in [1.82, 2.24) is 4.98 Å². The molecule has 2 N–H and O–H groups in total. The smallest absolute Gasteiger partial charge is 0.404 e. The van der Waals surface area contributed by atoms with Gasteiger partial charge in [-0.2, -0.15) is 13.2 Å². The van der Waals surface area contributed by atoms with Crippen LogP contribution in [0.4, 0.5) is 17.6 Å². The zero-order valence-corrected chi connectivity index (χ0v) is 17.3. The van der Waals surface area contributed by atoms with Gasteiger partial charge in [0.1, 0.15) is 5.82 Å². The van der Waals surface area contributed by atoms with E-state index in [0.717, 1.165) is 18.3 Å². The Kier molecular flexibility index (Phi) is 5.45. The molecule has 30 heavy (non-hydrogen) atoms. The fourth-order valence-electron chi connectivity index (χ4n) is 3.20. The largest absolute Gasteiger partial charge is 0.498 e. The number of nitrogens with two attached hydrogens (primary N) is 1. The van der Waals surface area contributed by atoms with Crippen molar-refractivity contribution in [1.29, 1.82) is 0 Å². The maximum Gasteiger partial charge on any atom is 0.498 e. The van der Waals surface area contributed by atoms with Crippen LogP contribution >= 0.6 is 0 Å². The number of benzene rings is 1. The van der Waals surface area contributed by atoms with E-state index in [1.807, 2.05) is 0 Å². The van der Waals surface area contributed by atoms with Crippen molar-refractivity contribution in [2.45, 2.75) is 45.1 Å². The summed E-state index contributed by atoms with van der Waals surface area (Å²) in [5, 5.41) is -0.0469. The van der Waals surface area contributed by atoms with Crippen LogP contribution in [0.2, 0.25) is 0 Å². The lowest BCUT2D eigenvalue weighted by molar-refractivity contribution is -0.137. The molecule has 160 valence electrons. The molecule has 5 nitrogen and oxygen atoms in total. The molecule has 0 aliphatic carbocycles. The van der Waals surface area contributed by atoms with Crippen molar-refractivity contribution in [3.63, 3.8) is 0 Å². The predicted molar refractivity (Wildman–Crippen MR) is 109 cm³/mol. The molecule has 1 fully saturated rings. The average Bonchev–Trinajstić information content (AvgIpc) is 2.84. The lowest BCUT2D eigenvalue weighted by atomic mass is 9.76. The highest BCUT2D eigenvalue weighted by Crippen LogP contribution is 2.39. The molecule has 0 atom stereocenters. The third kappa shape index (κ3) is 3.69. The van der Waals surface area contributed by atoms with Crippen LogP contribution in [0, 0.1) is 5.82 Å². The van der Waals surface area contributed by atoms with E-state index in [4.69, 9.17) is 15.0 Å². The highest BCUT2D eigenvalue weighted by Gasteiger charge is 2.53. The molecule has 10 heteroatoms. The molecule has 0 bridgehead atoms. The molecular weight excluding hydrogens is 401 g/mol. The summed E-state index contributed by atoms with van der Waals surface area (Å²) in [4.78, 5) is 7.87. The van der Waals surface area contributed by atoms with Gasteiger partial charge < -0.3 is 15.0 Å². The van der Waals surface area contributed by atoms with Crippen LogP contribution in [-0.4, -0.2) is 36.6 Å².